The van der Waals surface area contributed by atoms with Crippen LogP contribution in [0.5, 0.6) is 0 Å². The molecule has 0 N–H and O–H groups in total. The lowest BCUT2D eigenvalue weighted by atomic mass is 10.3. The molecule has 0 aromatic rings. The maximum Gasteiger partial charge on any atom is 0.198 e. The van der Waals surface area contributed by atoms with Crippen LogP contribution in [0.25, 0.3) is 0 Å². The van der Waals surface area contributed by atoms with Gasteiger partial charge >= 0.3 is 0 Å². The van der Waals surface area contributed by atoms with Crippen LogP contribution in [0, 0.1) is 0 Å². The smallest absolute Gasteiger partial charge is 0.198 e. The van der Waals surface area contributed by atoms with E-state index in [2.05, 4.69) is 59.9 Å². The van der Waals surface area contributed by atoms with Crippen molar-refractivity contribution in [3.05, 3.63) is 24.8 Å². The van der Waals surface area contributed by atoms with Gasteiger partial charge < -0.3 is 4.57 Å². The molecule has 3 heteroatoms. The Bertz CT molecular complexity index is 230. The minimum absolute atomic E-state index is 1.14. The Morgan fingerprint density at radius 2 is 1.71 bits per heavy atom. The highest BCUT2D eigenvalue weighted by atomic mass is 127. The van der Waals surface area contributed by atoms with Crippen LogP contribution in [0.15, 0.2) is 24.8 Å². The summed E-state index contributed by atoms with van der Waals surface area (Å²) in [5, 5.41) is 0. The summed E-state index contributed by atoms with van der Waals surface area (Å²) in [7, 11) is 0. The molecule has 1 nitrogen and oxygen atoms in total. The number of hydrogen-bond donors (Lipinski definition) is 0. The van der Waals surface area contributed by atoms with Gasteiger partial charge in [-0.1, -0.05) is 73.3 Å². The van der Waals surface area contributed by atoms with Crippen molar-refractivity contribution < 1.29 is 0 Å². The van der Waals surface area contributed by atoms with E-state index in [9.17, 15) is 0 Å². The second-order valence-electron chi connectivity index (χ2n) is 4.88. The van der Waals surface area contributed by atoms with Crippen molar-refractivity contribution >= 4 is 27.5 Å². The lowest BCUT2D eigenvalue weighted by molar-refractivity contribution is 0.409. The van der Waals surface area contributed by atoms with Crippen LogP contribution in [0.2, 0.25) is 12.6 Å². The highest BCUT2D eigenvalue weighted by Gasteiger charge is 2.31. The molecule has 0 aliphatic rings. The van der Waals surface area contributed by atoms with Gasteiger partial charge in [0.1, 0.15) is 0 Å². The summed E-state index contributed by atoms with van der Waals surface area (Å²) in [5.74, 6) is 0. The molecular formula is C14H28INSi. The second-order valence-corrected chi connectivity index (χ2v) is 15.1. The molecule has 0 spiro atoms. The second kappa shape index (κ2) is 9.33. The topological polar surface area (TPSA) is 3.24 Å². The zero-order valence-electron chi connectivity index (χ0n) is 11.8. The van der Waals surface area contributed by atoms with Crippen LogP contribution in [-0.2, 0) is 0 Å². The van der Waals surface area contributed by atoms with Gasteiger partial charge in [-0.15, -0.1) is 0 Å². The Hall–Kier alpha value is 0.387. The van der Waals surface area contributed by atoms with E-state index in [-0.39, 0.29) is 0 Å². The highest BCUT2D eigenvalue weighted by molar-refractivity contribution is 14.1. The predicted octanol–water partition coefficient (Wildman–Crippen LogP) is 5.14. The quantitative estimate of drug-likeness (QED) is 0.224. The fourth-order valence-corrected chi connectivity index (χ4v) is 7.24. The van der Waals surface area contributed by atoms with Crippen molar-refractivity contribution in [2.75, 3.05) is 13.1 Å². The summed E-state index contributed by atoms with van der Waals surface area (Å²) >= 11 is 2.71. The van der Waals surface area contributed by atoms with Crippen molar-refractivity contribution in [3.8, 4) is 0 Å². The molecule has 0 aliphatic heterocycles. The van der Waals surface area contributed by atoms with E-state index in [4.69, 9.17) is 0 Å². The van der Waals surface area contributed by atoms with Crippen LogP contribution in [-0.4, -0.2) is 23.4 Å². The maximum atomic E-state index is 4.09. The van der Waals surface area contributed by atoms with Gasteiger partial charge in [0.15, 0.2) is 5.73 Å². The van der Waals surface area contributed by atoms with Crippen molar-refractivity contribution in [3.63, 3.8) is 0 Å². The highest BCUT2D eigenvalue weighted by Crippen LogP contribution is 2.28. The molecule has 0 saturated carbocycles. The van der Waals surface area contributed by atoms with Gasteiger partial charge in [0.25, 0.3) is 0 Å². The van der Waals surface area contributed by atoms with Gasteiger partial charge in [0, 0.05) is 0 Å². The monoisotopic (exact) mass is 365 g/mol. The van der Waals surface area contributed by atoms with Crippen molar-refractivity contribution in [2.45, 2.75) is 52.1 Å². The molecule has 100 valence electrons. The van der Waals surface area contributed by atoms with E-state index in [1.807, 2.05) is 6.08 Å². The Kier molecular flexibility index (Phi) is 9.55. The Balaban J connectivity index is 4.49. The minimum atomic E-state index is -1.36. The molecule has 0 bridgehead atoms. The average Bonchev–Trinajstić information content (AvgIpc) is 2.28. The van der Waals surface area contributed by atoms with E-state index in [0.29, 0.717) is 0 Å². The van der Waals surface area contributed by atoms with Crippen molar-refractivity contribution in [2.24, 2.45) is 0 Å². The normalized spacial score (nSPS) is 14.6. The van der Waals surface area contributed by atoms with E-state index < -0.39 is 5.73 Å². The third-order valence-electron chi connectivity index (χ3n) is 3.06. The summed E-state index contributed by atoms with van der Waals surface area (Å²) in [6.45, 7) is 17.4. The van der Waals surface area contributed by atoms with Crippen molar-refractivity contribution in [1.82, 2.24) is 4.57 Å². The fraction of sp³-hybridized carbons (Fsp3) is 0.714. The number of unbranched alkanes of at least 4 members (excludes halogenated alkanes) is 2. The first-order chi connectivity index (χ1) is 7.97. The van der Waals surface area contributed by atoms with Crippen LogP contribution in [0.3, 0.4) is 0 Å². The first-order valence-corrected chi connectivity index (χ1v) is 12.5. The summed E-state index contributed by atoms with van der Waals surface area (Å²) in [5.41, 5.74) is -0.158. The number of hydrogen-bond acceptors (Lipinski definition) is 1. The molecule has 0 aromatic heterocycles. The molecule has 1 unspecified atom stereocenters. The molecule has 17 heavy (non-hydrogen) atoms. The van der Waals surface area contributed by atoms with E-state index in [1.54, 1.807) is 0 Å². The maximum absolute atomic E-state index is 4.09. The Labute approximate surface area is 122 Å². The van der Waals surface area contributed by atoms with Crippen LogP contribution in [0.1, 0.15) is 39.5 Å². The third kappa shape index (κ3) is 7.42. The molecule has 0 aromatic carbocycles. The minimum Gasteiger partial charge on any atom is -0.316 e. The molecule has 0 aliphatic carbocycles. The summed E-state index contributed by atoms with van der Waals surface area (Å²) in [6, 6.07) is 1.14. The van der Waals surface area contributed by atoms with E-state index in [1.165, 1.54) is 44.3 Å². The lowest BCUT2D eigenvalue weighted by Gasteiger charge is -2.35. The number of nitrogens with zero attached hydrogens (tertiary/aromatic N) is 1. The lowest BCUT2D eigenvalue weighted by Crippen LogP contribution is -2.47. The van der Waals surface area contributed by atoms with Gasteiger partial charge in [-0.2, -0.15) is 0 Å². The zero-order chi connectivity index (χ0) is 13.3. The number of rotatable bonds is 10. The summed E-state index contributed by atoms with van der Waals surface area (Å²) in [6.07, 6.45) is 7.12. The fourth-order valence-electron chi connectivity index (χ4n) is 1.87. The first-order valence-electron chi connectivity index (χ1n) is 6.72. The van der Waals surface area contributed by atoms with Crippen LogP contribution in [0.4, 0.5) is 0 Å². The molecule has 1 atom stereocenters. The van der Waals surface area contributed by atoms with Gasteiger partial charge in [0.05, 0.1) is 0 Å². The molecular weight excluding hydrogens is 337 g/mol. The summed E-state index contributed by atoms with van der Waals surface area (Å²) < 4.78 is 2.75. The zero-order valence-corrected chi connectivity index (χ0v) is 14.9. The predicted molar refractivity (Wildman–Crippen MR) is 91.2 cm³/mol. The Morgan fingerprint density at radius 1 is 1.24 bits per heavy atom. The average molecular weight is 365 g/mol. The number of halogens is 1. The van der Waals surface area contributed by atoms with Gasteiger partial charge in [-0.25, -0.2) is 0 Å². The van der Waals surface area contributed by atoms with Gasteiger partial charge in [-0.3, -0.25) is 0 Å². The molecule has 0 radical (unpaired) electrons. The van der Waals surface area contributed by atoms with E-state index >= 15 is 0 Å². The Morgan fingerprint density at radius 3 is 2.06 bits per heavy atom. The molecule has 0 heterocycles. The standard InChI is InChI=1S/C14H28INSi/c1-6-9-11-16(12-10-7-2)17(5,15)13-14(4)8-3/h8H,3-4,6-7,9-13H2,1-2,5H3. The summed E-state index contributed by atoms with van der Waals surface area (Å²) in [4.78, 5) is 0. The number of allylic oxidation sites excluding steroid dienone is 2. The first kappa shape index (κ1) is 17.4. The molecule has 0 rings (SSSR count). The van der Waals surface area contributed by atoms with Gasteiger partial charge in [-0.05, 0) is 38.5 Å². The molecule has 0 saturated heterocycles. The molecule has 0 fully saturated rings. The van der Waals surface area contributed by atoms with Crippen LogP contribution >= 0.6 is 21.8 Å². The van der Waals surface area contributed by atoms with Gasteiger partial charge in [0.2, 0.25) is 0 Å². The molecule has 0 amide bonds. The largest absolute Gasteiger partial charge is 0.316 e. The van der Waals surface area contributed by atoms with Crippen LogP contribution < -0.4 is 0 Å². The van der Waals surface area contributed by atoms with E-state index in [0.717, 1.165) is 6.04 Å². The van der Waals surface area contributed by atoms with Crippen molar-refractivity contribution in [1.29, 1.82) is 0 Å². The SMILES string of the molecule is C=CC(=C)C[Si](C)(I)N(CCCC)CCCC. The third-order valence-corrected chi connectivity index (χ3v) is 9.12.